The van der Waals surface area contributed by atoms with E-state index in [9.17, 15) is 4.79 Å². The van der Waals surface area contributed by atoms with Gasteiger partial charge in [0, 0.05) is 22.1 Å². The number of rotatable bonds is 6. The van der Waals surface area contributed by atoms with Gasteiger partial charge in [-0.25, -0.2) is 5.43 Å². The predicted molar refractivity (Wildman–Crippen MR) is 99.0 cm³/mol. The van der Waals surface area contributed by atoms with Crippen molar-refractivity contribution in [2.75, 3.05) is 5.75 Å². The fraction of sp³-hybridized carbons (Fsp3) is 0.125. The summed E-state index contributed by atoms with van der Waals surface area (Å²) in [5, 5.41) is 5.52. The van der Waals surface area contributed by atoms with Crippen LogP contribution in [0.5, 0.6) is 0 Å². The van der Waals surface area contributed by atoms with Crippen molar-refractivity contribution in [2.24, 2.45) is 5.10 Å². The normalized spacial score (nSPS) is 10.9. The number of thioether (sulfide) groups is 1. The van der Waals surface area contributed by atoms with Crippen LogP contribution in [0.3, 0.4) is 0 Å². The molecular weight excluding hydrogens is 375 g/mol. The Kier molecular flexibility index (Phi) is 7.24. The first-order valence-corrected chi connectivity index (χ1v) is 8.82. The van der Waals surface area contributed by atoms with Gasteiger partial charge in [-0.1, -0.05) is 40.9 Å². The van der Waals surface area contributed by atoms with E-state index in [1.807, 2.05) is 24.3 Å². The van der Waals surface area contributed by atoms with Crippen LogP contribution in [-0.4, -0.2) is 17.9 Å². The van der Waals surface area contributed by atoms with Gasteiger partial charge in [0.2, 0.25) is 5.91 Å². The summed E-state index contributed by atoms with van der Waals surface area (Å²) in [6.45, 7) is 0. The van der Waals surface area contributed by atoms with Crippen LogP contribution in [0.1, 0.15) is 12.0 Å². The summed E-state index contributed by atoms with van der Waals surface area (Å²) in [4.78, 5) is 12.8. The molecule has 0 aliphatic rings. The lowest BCUT2D eigenvalue weighted by atomic mass is 10.2. The van der Waals surface area contributed by atoms with E-state index in [-0.39, 0.29) is 5.91 Å². The molecule has 0 bridgehead atoms. The Hall–Kier alpha value is -1.20. The third kappa shape index (κ3) is 6.43. The van der Waals surface area contributed by atoms with Gasteiger partial charge in [0.1, 0.15) is 0 Å². The Morgan fingerprint density at radius 2 is 1.83 bits per heavy atom. The maximum atomic E-state index is 11.7. The maximum absolute atomic E-state index is 11.7. The van der Waals surface area contributed by atoms with Crippen molar-refractivity contribution in [3.63, 3.8) is 0 Å². The maximum Gasteiger partial charge on any atom is 0.240 e. The van der Waals surface area contributed by atoms with E-state index in [4.69, 9.17) is 34.8 Å². The number of hydrogen-bond donors (Lipinski definition) is 1. The first-order valence-electron chi connectivity index (χ1n) is 6.70. The van der Waals surface area contributed by atoms with Crippen LogP contribution >= 0.6 is 46.6 Å². The van der Waals surface area contributed by atoms with E-state index >= 15 is 0 Å². The number of nitrogens with zero attached hydrogens (tertiary/aromatic N) is 1. The number of amides is 1. The van der Waals surface area contributed by atoms with Gasteiger partial charge >= 0.3 is 0 Å². The molecule has 0 unspecified atom stereocenters. The van der Waals surface area contributed by atoms with Crippen LogP contribution in [0.4, 0.5) is 0 Å². The minimum atomic E-state index is -0.150. The Balaban J connectivity index is 1.73. The van der Waals surface area contributed by atoms with Crippen LogP contribution < -0.4 is 5.43 Å². The zero-order chi connectivity index (χ0) is 16.7. The highest BCUT2D eigenvalue weighted by Gasteiger charge is 2.01. The highest BCUT2D eigenvalue weighted by molar-refractivity contribution is 7.99. The van der Waals surface area contributed by atoms with E-state index < -0.39 is 0 Å². The number of benzene rings is 2. The van der Waals surface area contributed by atoms with Crippen LogP contribution in [0, 0.1) is 0 Å². The summed E-state index contributed by atoms with van der Waals surface area (Å²) in [5.41, 5.74) is 3.24. The highest BCUT2D eigenvalue weighted by atomic mass is 35.5. The van der Waals surface area contributed by atoms with Gasteiger partial charge < -0.3 is 0 Å². The van der Waals surface area contributed by atoms with Gasteiger partial charge in [-0.15, -0.1) is 11.8 Å². The van der Waals surface area contributed by atoms with E-state index in [1.165, 1.54) is 6.21 Å². The smallest absolute Gasteiger partial charge is 0.240 e. The Bertz CT molecular complexity index is 705. The van der Waals surface area contributed by atoms with E-state index in [2.05, 4.69) is 10.5 Å². The second kappa shape index (κ2) is 9.18. The molecule has 0 spiro atoms. The number of hydrazone groups is 1. The van der Waals surface area contributed by atoms with Crippen LogP contribution in [0.25, 0.3) is 0 Å². The molecule has 1 N–H and O–H groups in total. The molecule has 0 saturated heterocycles. The molecule has 1 amide bonds. The second-order valence-corrected chi connectivity index (χ2v) is 6.94. The summed E-state index contributed by atoms with van der Waals surface area (Å²) in [7, 11) is 0. The molecule has 0 aliphatic carbocycles. The van der Waals surface area contributed by atoms with Crippen LogP contribution in [-0.2, 0) is 4.79 Å². The molecule has 0 fully saturated rings. The highest BCUT2D eigenvalue weighted by Crippen LogP contribution is 2.22. The van der Waals surface area contributed by atoms with Crippen LogP contribution in [0.15, 0.2) is 52.5 Å². The van der Waals surface area contributed by atoms with Crippen molar-refractivity contribution in [3.05, 3.63) is 63.1 Å². The third-order valence-corrected chi connectivity index (χ3v) is 4.76. The van der Waals surface area contributed by atoms with Gasteiger partial charge in [0.15, 0.2) is 0 Å². The van der Waals surface area contributed by atoms with Crippen molar-refractivity contribution in [2.45, 2.75) is 11.3 Å². The molecule has 0 atom stereocenters. The third-order valence-electron chi connectivity index (χ3n) is 2.76. The van der Waals surface area contributed by atoms with E-state index in [1.54, 1.807) is 30.0 Å². The average molecular weight is 388 g/mol. The lowest BCUT2D eigenvalue weighted by Crippen LogP contribution is -2.17. The SMILES string of the molecule is O=C(CCSc1ccc(Cl)cc1)N/N=C\c1ccc(Cl)c(Cl)c1. The fourth-order valence-electron chi connectivity index (χ4n) is 1.62. The number of hydrogen-bond acceptors (Lipinski definition) is 3. The summed E-state index contributed by atoms with van der Waals surface area (Å²) in [5.74, 6) is 0.512. The molecule has 2 rings (SSSR count). The minimum Gasteiger partial charge on any atom is -0.273 e. The van der Waals surface area contributed by atoms with Crippen molar-refractivity contribution in [3.8, 4) is 0 Å². The van der Waals surface area contributed by atoms with Gasteiger partial charge in [0.05, 0.1) is 16.3 Å². The fourth-order valence-corrected chi connectivity index (χ4v) is 2.90. The van der Waals surface area contributed by atoms with Gasteiger partial charge in [-0.2, -0.15) is 5.10 Å². The van der Waals surface area contributed by atoms with Crippen molar-refractivity contribution < 1.29 is 4.79 Å². The molecule has 0 aromatic heterocycles. The summed E-state index contributed by atoms with van der Waals surface area (Å²) in [6.07, 6.45) is 1.89. The zero-order valence-electron chi connectivity index (χ0n) is 11.9. The molecule has 0 radical (unpaired) electrons. The van der Waals surface area contributed by atoms with Crippen molar-refractivity contribution >= 4 is 58.7 Å². The zero-order valence-corrected chi connectivity index (χ0v) is 15.0. The molecular formula is C16H13Cl3N2OS. The molecule has 0 saturated carbocycles. The lowest BCUT2D eigenvalue weighted by Gasteiger charge is -2.02. The number of carbonyl (C=O) groups is 1. The van der Waals surface area contributed by atoms with E-state index in [0.717, 1.165) is 10.5 Å². The number of carbonyl (C=O) groups excluding carboxylic acids is 1. The summed E-state index contributed by atoms with van der Waals surface area (Å²) >= 11 is 19.1. The van der Waals surface area contributed by atoms with Crippen molar-refractivity contribution in [1.29, 1.82) is 0 Å². The molecule has 0 heterocycles. The Morgan fingerprint density at radius 1 is 1.09 bits per heavy atom. The van der Waals surface area contributed by atoms with Gasteiger partial charge in [-0.3, -0.25) is 4.79 Å². The summed E-state index contributed by atoms with van der Waals surface area (Å²) in [6, 6.07) is 12.6. The standard InChI is InChI=1S/C16H13Cl3N2OS/c17-12-2-4-13(5-3-12)23-8-7-16(22)21-20-10-11-1-6-14(18)15(19)9-11/h1-6,9-10H,7-8H2,(H,21,22)/b20-10-. The topological polar surface area (TPSA) is 41.5 Å². The van der Waals surface area contributed by atoms with Crippen LogP contribution in [0.2, 0.25) is 15.1 Å². The average Bonchev–Trinajstić information content (AvgIpc) is 2.53. The molecule has 2 aromatic carbocycles. The minimum absolute atomic E-state index is 0.150. The van der Waals surface area contributed by atoms with Gasteiger partial charge in [0.25, 0.3) is 0 Å². The summed E-state index contributed by atoms with van der Waals surface area (Å²) < 4.78 is 0. The number of halogens is 3. The Morgan fingerprint density at radius 3 is 2.52 bits per heavy atom. The molecule has 120 valence electrons. The first kappa shape index (κ1) is 18.1. The van der Waals surface area contributed by atoms with Crippen molar-refractivity contribution in [1.82, 2.24) is 5.43 Å². The molecule has 3 nitrogen and oxygen atoms in total. The molecule has 0 aliphatic heterocycles. The Labute approximate surface area is 154 Å². The van der Waals surface area contributed by atoms with Gasteiger partial charge in [-0.05, 0) is 42.0 Å². The molecule has 7 heteroatoms. The second-order valence-electron chi connectivity index (χ2n) is 4.52. The number of nitrogens with one attached hydrogen (secondary N) is 1. The largest absolute Gasteiger partial charge is 0.273 e. The predicted octanol–water partition coefficient (Wildman–Crippen LogP) is 5.28. The van der Waals surface area contributed by atoms with E-state index in [0.29, 0.717) is 27.2 Å². The molecule has 2 aromatic rings. The first-order chi connectivity index (χ1) is 11.0. The molecule has 23 heavy (non-hydrogen) atoms. The quantitative estimate of drug-likeness (QED) is 0.416. The lowest BCUT2D eigenvalue weighted by molar-refractivity contribution is -0.120. The monoisotopic (exact) mass is 386 g/mol.